The highest BCUT2D eigenvalue weighted by molar-refractivity contribution is 6.12. The fourth-order valence-electron chi connectivity index (χ4n) is 1.25. The molecule has 0 bridgehead atoms. The highest BCUT2D eigenvalue weighted by Gasteiger charge is 2.08. The van der Waals surface area contributed by atoms with Gasteiger partial charge in [0.05, 0.1) is 0 Å². The lowest BCUT2D eigenvalue weighted by Crippen LogP contribution is -2.05. The van der Waals surface area contributed by atoms with Gasteiger partial charge in [0.25, 0.3) is 0 Å². The summed E-state index contributed by atoms with van der Waals surface area (Å²) in [5, 5.41) is 0. The van der Waals surface area contributed by atoms with Crippen molar-refractivity contribution in [3.05, 3.63) is 35.4 Å². The smallest absolute Gasteiger partial charge is 0.147 e. The Balaban J connectivity index is 0.00000144. The molecule has 1 unspecified atom stereocenters. The third kappa shape index (κ3) is 3.73. The normalized spacial score (nSPS) is 12.3. The average Bonchev–Trinajstić information content (AvgIpc) is 2.04. The van der Waals surface area contributed by atoms with Gasteiger partial charge in [0.2, 0.25) is 16.3 Å². The Bertz CT molecular complexity index is 241. The molecule has 1 atom stereocenters. The van der Waals surface area contributed by atoms with Gasteiger partial charge in [-0.2, -0.15) is 0 Å². The summed E-state index contributed by atoms with van der Waals surface area (Å²) in [6.45, 7) is 6.75. The van der Waals surface area contributed by atoms with Crippen molar-refractivity contribution in [3.63, 3.8) is 0 Å². The fourth-order valence-corrected chi connectivity index (χ4v) is 1.64. The molecule has 0 N–H and O–H groups in total. The lowest BCUT2D eigenvalue weighted by Gasteiger charge is -2.15. The predicted molar refractivity (Wildman–Crippen MR) is 64.6 cm³/mol. The lowest BCUT2D eigenvalue weighted by molar-refractivity contribution is 0.623. The summed E-state index contributed by atoms with van der Waals surface area (Å²) in [6.07, 6.45) is 0. The van der Waals surface area contributed by atoms with E-state index < -0.39 is 0 Å². The zero-order valence-electron chi connectivity index (χ0n) is 8.87. The first-order valence-electron chi connectivity index (χ1n) is 4.68. The van der Waals surface area contributed by atoms with Crippen molar-refractivity contribution in [2.24, 2.45) is 5.92 Å². The number of aryl methyl sites for hydroxylation is 1. The molecule has 0 nitrogen and oxygen atoms in total. The van der Waals surface area contributed by atoms with Gasteiger partial charge in [0, 0.05) is 0 Å². The SMILES string of the molecule is Cc1ccc([CH]([AlH2])C(C)C)cc1.Cl. The maximum atomic E-state index is 2.30. The Morgan fingerprint density at radius 2 is 1.54 bits per heavy atom. The van der Waals surface area contributed by atoms with E-state index in [2.05, 4.69) is 45.0 Å². The molecule has 0 aliphatic carbocycles. The minimum Gasteiger partial charge on any atom is -0.147 e. The van der Waals surface area contributed by atoms with Gasteiger partial charge in [0.1, 0.15) is 0 Å². The van der Waals surface area contributed by atoms with Crippen molar-refractivity contribution in [2.45, 2.75) is 25.6 Å². The van der Waals surface area contributed by atoms with E-state index >= 15 is 0 Å². The first kappa shape index (κ1) is 13.0. The first-order valence-corrected chi connectivity index (χ1v) is 5.83. The van der Waals surface area contributed by atoms with Crippen LogP contribution in [-0.4, -0.2) is 16.3 Å². The molecule has 13 heavy (non-hydrogen) atoms. The molecule has 0 spiro atoms. The van der Waals surface area contributed by atoms with Crippen molar-refractivity contribution in [3.8, 4) is 0 Å². The molecule has 0 fully saturated rings. The molecule has 1 aromatic carbocycles. The second-order valence-corrected chi connectivity index (χ2v) is 5.19. The topological polar surface area (TPSA) is 0 Å². The van der Waals surface area contributed by atoms with Gasteiger partial charge < -0.3 is 0 Å². The highest BCUT2D eigenvalue weighted by atomic mass is 35.5. The van der Waals surface area contributed by atoms with Gasteiger partial charge in [-0.05, 0) is 6.92 Å². The summed E-state index contributed by atoms with van der Waals surface area (Å²) in [5.41, 5.74) is 2.87. The van der Waals surface area contributed by atoms with Crippen LogP contribution in [0.5, 0.6) is 0 Å². The zero-order chi connectivity index (χ0) is 9.14. The second-order valence-electron chi connectivity index (χ2n) is 3.94. The summed E-state index contributed by atoms with van der Waals surface area (Å²) in [7, 11) is 0. The van der Waals surface area contributed by atoms with Crippen molar-refractivity contribution in [1.82, 2.24) is 0 Å². The molecule has 0 aromatic heterocycles. The number of rotatable bonds is 2. The Morgan fingerprint density at radius 1 is 1.08 bits per heavy atom. The van der Waals surface area contributed by atoms with Gasteiger partial charge in [0.15, 0.2) is 0 Å². The van der Waals surface area contributed by atoms with E-state index in [1.165, 1.54) is 27.4 Å². The summed E-state index contributed by atoms with van der Waals surface area (Å²) in [6, 6.07) is 8.96. The van der Waals surface area contributed by atoms with E-state index in [-0.39, 0.29) is 12.4 Å². The van der Waals surface area contributed by atoms with Crippen LogP contribution in [0, 0.1) is 12.8 Å². The third-order valence-electron chi connectivity index (χ3n) is 2.60. The van der Waals surface area contributed by atoms with Crippen molar-refractivity contribution >= 4 is 28.7 Å². The van der Waals surface area contributed by atoms with Crippen LogP contribution in [0.1, 0.15) is 29.8 Å². The van der Waals surface area contributed by atoms with Crippen LogP contribution in [0.3, 0.4) is 0 Å². The molecular weight excluding hydrogens is 195 g/mol. The van der Waals surface area contributed by atoms with E-state index in [0.29, 0.717) is 0 Å². The molecule has 0 heterocycles. The van der Waals surface area contributed by atoms with Crippen LogP contribution in [0.25, 0.3) is 0 Å². The first-order chi connectivity index (χ1) is 5.61. The molecule has 0 amide bonds. The molecule has 0 radical (unpaired) electrons. The van der Waals surface area contributed by atoms with Crippen LogP contribution in [0.2, 0.25) is 0 Å². The van der Waals surface area contributed by atoms with E-state index in [1.807, 2.05) is 0 Å². The standard InChI is InChI=1S/C11H15.Al.ClH.2H/c1-9(2)8-11-6-4-10(3)5-7-11;;;;/h4-9H,1-3H3;;1H;;. The number of hydrogen-bond donors (Lipinski definition) is 0. The minimum absolute atomic E-state index is 0. The number of halogens is 1. The molecule has 1 aromatic rings. The van der Waals surface area contributed by atoms with E-state index in [9.17, 15) is 0 Å². The van der Waals surface area contributed by atoms with Gasteiger partial charge in [-0.15, -0.1) is 12.4 Å². The maximum absolute atomic E-state index is 2.30. The van der Waals surface area contributed by atoms with Crippen molar-refractivity contribution in [1.29, 1.82) is 0 Å². The Morgan fingerprint density at radius 3 is 1.92 bits per heavy atom. The van der Waals surface area contributed by atoms with E-state index in [0.717, 1.165) is 10.7 Å². The van der Waals surface area contributed by atoms with Crippen molar-refractivity contribution < 1.29 is 0 Å². The van der Waals surface area contributed by atoms with Crippen molar-refractivity contribution in [2.75, 3.05) is 0 Å². The molecular formula is C11H18AlCl. The van der Waals surface area contributed by atoms with Crippen LogP contribution in [-0.2, 0) is 0 Å². The van der Waals surface area contributed by atoms with Gasteiger partial charge in [-0.1, -0.05) is 59.9 Å². The highest BCUT2D eigenvalue weighted by Crippen LogP contribution is 2.20. The average molecular weight is 213 g/mol. The maximum Gasteiger partial charge on any atom is 0.223 e. The Labute approximate surface area is 95.6 Å². The van der Waals surface area contributed by atoms with E-state index in [4.69, 9.17) is 0 Å². The molecule has 0 aliphatic rings. The Kier molecular flexibility index (Phi) is 5.72. The van der Waals surface area contributed by atoms with Crippen LogP contribution >= 0.6 is 12.4 Å². The largest absolute Gasteiger partial charge is 0.223 e. The minimum atomic E-state index is 0. The molecule has 0 aliphatic heterocycles. The monoisotopic (exact) mass is 212 g/mol. The molecule has 0 saturated carbocycles. The predicted octanol–water partition coefficient (Wildman–Crippen LogP) is 2.75. The summed E-state index contributed by atoms with van der Waals surface area (Å²) >= 11 is 1.26. The zero-order valence-corrected chi connectivity index (χ0v) is 11.7. The van der Waals surface area contributed by atoms with Gasteiger partial charge >= 0.3 is 0 Å². The van der Waals surface area contributed by atoms with Crippen LogP contribution < -0.4 is 0 Å². The van der Waals surface area contributed by atoms with Crippen LogP contribution in [0.4, 0.5) is 0 Å². The quantitative estimate of drug-likeness (QED) is 0.662. The lowest BCUT2D eigenvalue weighted by atomic mass is 10.0. The third-order valence-corrected chi connectivity index (χ3v) is 4.60. The van der Waals surface area contributed by atoms with Gasteiger partial charge in [-0.25, -0.2) is 0 Å². The Hall–Kier alpha value is 0.0425. The molecule has 0 saturated heterocycles. The fraction of sp³-hybridized carbons (Fsp3) is 0.455. The number of hydrogen-bond acceptors (Lipinski definition) is 0. The summed E-state index contributed by atoms with van der Waals surface area (Å²) in [4.78, 5) is 0. The molecule has 2 heteroatoms. The van der Waals surface area contributed by atoms with Gasteiger partial charge in [-0.3, -0.25) is 0 Å². The molecule has 1 rings (SSSR count). The van der Waals surface area contributed by atoms with E-state index in [1.54, 1.807) is 0 Å². The summed E-state index contributed by atoms with van der Waals surface area (Å²) < 4.78 is 0.811. The summed E-state index contributed by atoms with van der Waals surface area (Å²) in [5.74, 6) is 0.791. The van der Waals surface area contributed by atoms with Crippen LogP contribution in [0.15, 0.2) is 24.3 Å². The molecule has 72 valence electrons. The number of benzene rings is 1. The second kappa shape index (κ2) is 5.71.